The minimum Gasteiger partial charge on any atom is -0.299 e. The number of hydrogen-bond acceptors (Lipinski definition) is 3. The van der Waals surface area contributed by atoms with Gasteiger partial charge in [-0.15, -0.1) is 0 Å². The summed E-state index contributed by atoms with van der Waals surface area (Å²) in [5, 5.41) is 0. The summed E-state index contributed by atoms with van der Waals surface area (Å²) in [7, 11) is -1.26. The number of benzene rings is 1. The molecule has 0 aliphatic heterocycles. The number of carbonyl (C=O) groups is 2. The molecular weight excluding hydrogens is 224 g/mol. The fraction of sp³-hybridized carbons (Fsp3) is 0.333. The maximum atomic E-state index is 11.9. The average Bonchev–Trinajstić information content (AvgIpc) is 2.62. The van der Waals surface area contributed by atoms with E-state index in [-0.39, 0.29) is 17.3 Å². The molecule has 1 unspecified atom stereocenters. The van der Waals surface area contributed by atoms with Gasteiger partial charge in [-0.25, -0.2) is 0 Å². The molecule has 0 saturated heterocycles. The first-order valence-electron chi connectivity index (χ1n) is 5.17. The van der Waals surface area contributed by atoms with Crippen LogP contribution in [0.5, 0.6) is 0 Å². The zero-order valence-electron chi connectivity index (χ0n) is 8.72. The molecule has 3 nitrogen and oxygen atoms in total. The summed E-state index contributed by atoms with van der Waals surface area (Å²) < 4.78 is 11.9. The predicted molar refractivity (Wildman–Crippen MR) is 60.5 cm³/mol. The van der Waals surface area contributed by atoms with Gasteiger partial charge in [0.2, 0.25) is 0 Å². The Labute approximate surface area is 96.3 Å². The second kappa shape index (κ2) is 4.70. The maximum Gasteiger partial charge on any atom is 0.144 e. The number of ketones is 2. The molecule has 0 bridgehead atoms. The topological polar surface area (TPSA) is 51.2 Å². The molecule has 2 rings (SSSR count). The highest BCUT2D eigenvalue weighted by Gasteiger charge is 2.34. The van der Waals surface area contributed by atoms with E-state index in [0.29, 0.717) is 17.7 Å². The van der Waals surface area contributed by atoms with Gasteiger partial charge >= 0.3 is 0 Å². The lowest BCUT2D eigenvalue weighted by Crippen LogP contribution is -2.21. The molecule has 16 heavy (non-hydrogen) atoms. The van der Waals surface area contributed by atoms with Gasteiger partial charge in [0, 0.05) is 23.5 Å². The van der Waals surface area contributed by atoms with Crippen molar-refractivity contribution in [1.29, 1.82) is 0 Å². The Morgan fingerprint density at radius 2 is 1.62 bits per heavy atom. The summed E-state index contributed by atoms with van der Waals surface area (Å²) in [6, 6.07) is 8.93. The fourth-order valence-electron chi connectivity index (χ4n) is 1.78. The summed E-state index contributed by atoms with van der Waals surface area (Å²) in [4.78, 5) is 23.5. The molecule has 1 aromatic carbocycles. The minimum atomic E-state index is -1.26. The quantitative estimate of drug-likeness (QED) is 0.744. The van der Waals surface area contributed by atoms with Gasteiger partial charge in [-0.1, -0.05) is 18.2 Å². The van der Waals surface area contributed by atoms with E-state index in [4.69, 9.17) is 0 Å². The van der Waals surface area contributed by atoms with E-state index >= 15 is 0 Å². The summed E-state index contributed by atoms with van der Waals surface area (Å²) in [6.07, 6.45) is 0.630. The highest BCUT2D eigenvalue weighted by atomic mass is 32.2. The Morgan fingerprint density at radius 3 is 2.19 bits per heavy atom. The molecule has 1 saturated carbocycles. The highest BCUT2D eigenvalue weighted by molar-refractivity contribution is 7.85. The maximum absolute atomic E-state index is 11.9. The van der Waals surface area contributed by atoms with Crippen LogP contribution in [-0.2, 0) is 20.4 Å². The van der Waals surface area contributed by atoms with Gasteiger partial charge in [0.1, 0.15) is 11.6 Å². The smallest absolute Gasteiger partial charge is 0.144 e. The Kier molecular flexibility index (Phi) is 3.29. The van der Waals surface area contributed by atoms with Crippen LogP contribution in [0.3, 0.4) is 0 Å². The van der Waals surface area contributed by atoms with Crippen LogP contribution in [0, 0.1) is 5.92 Å². The predicted octanol–water partition coefficient (Wildman–Crippen LogP) is 1.34. The Morgan fingerprint density at radius 1 is 1.06 bits per heavy atom. The molecule has 0 N–H and O–H groups in total. The van der Waals surface area contributed by atoms with E-state index in [1.165, 1.54) is 0 Å². The first-order chi connectivity index (χ1) is 7.68. The van der Waals surface area contributed by atoms with Gasteiger partial charge in [0.15, 0.2) is 0 Å². The van der Waals surface area contributed by atoms with Crippen molar-refractivity contribution in [3.63, 3.8) is 0 Å². The van der Waals surface area contributed by atoms with Crippen molar-refractivity contribution >= 4 is 22.4 Å². The van der Waals surface area contributed by atoms with Crippen LogP contribution in [0.2, 0.25) is 0 Å². The monoisotopic (exact) mass is 236 g/mol. The molecule has 0 radical (unpaired) electrons. The molecule has 1 fully saturated rings. The number of carbonyl (C=O) groups excluding carboxylic acids is 2. The van der Waals surface area contributed by atoms with Crippen LogP contribution in [0.1, 0.15) is 12.8 Å². The standard InChI is InChI=1S/C12H12O3S/c13-11-6-7-12(14)10(11)8-16(15)9-4-2-1-3-5-9/h1-5,10H,6-8H2. The van der Waals surface area contributed by atoms with E-state index < -0.39 is 16.7 Å². The zero-order valence-corrected chi connectivity index (χ0v) is 9.53. The molecular formula is C12H12O3S. The van der Waals surface area contributed by atoms with Gasteiger partial charge in [0.05, 0.1) is 16.7 Å². The second-order valence-electron chi connectivity index (χ2n) is 3.81. The van der Waals surface area contributed by atoms with Crippen molar-refractivity contribution in [2.75, 3.05) is 5.75 Å². The van der Waals surface area contributed by atoms with Crippen molar-refractivity contribution < 1.29 is 13.8 Å². The molecule has 0 aromatic heterocycles. The third-order valence-corrected chi connectivity index (χ3v) is 4.15. The Hall–Kier alpha value is -1.29. The van der Waals surface area contributed by atoms with Crippen LogP contribution in [0.25, 0.3) is 0 Å². The van der Waals surface area contributed by atoms with E-state index in [0.717, 1.165) is 0 Å². The van der Waals surface area contributed by atoms with Crippen molar-refractivity contribution in [1.82, 2.24) is 0 Å². The SMILES string of the molecule is O=C1CCC(=O)C1CS(=O)c1ccccc1. The number of Topliss-reactive ketones (excluding diaryl/α,β-unsaturated/α-hetero) is 2. The molecule has 84 valence electrons. The normalized spacial score (nSPS) is 19.0. The molecule has 0 amide bonds. The van der Waals surface area contributed by atoms with Gasteiger partial charge in [-0.3, -0.25) is 13.8 Å². The van der Waals surface area contributed by atoms with Crippen LogP contribution in [-0.4, -0.2) is 21.5 Å². The molecule has 1 aliphatic rings. The van der Waals surface area contributed by atoms with Gasteiger partial charge in [-0.05, 0) is 12.1 Å². The summed E-state index contributed by atoms with van der Waals surface area (Å²) >= 11 is 0. The molecule has 4 heteroatoms. The molecule has 1 atom stereocenters. The highest BCUT2D eigenvalue weighted by Crippen LogP contribution is 2.20. The number of rotatable bonds is 3. The van der Waals surface area contributed by atoms with Gasteiger partial charge in [0.25, 0.3) is 0 Å². The lowest BCUT2D eigenvalue weighted by Gasteiger charge is -2.06. The van der Waals surface area contributed by atoms with Crippen molar-refractivity contribution in [2.24, 2.45) is 5.92 Å². The van der Waals surface area contributed by atoms with E-state index in [2.05, 4.69) is 0 Å². The van der Waals surface area contributed by atoms with Crippen LogP contribution < -0.4 is 0 Å². The first-order valence-corrected chi connectivity index (χ1v) is 6.49. The third kappa shape index (κ3) is 2.27. The minimum absolute atomic E-state index is 0.0609. The van der Waals surface area contributed by atoms with Gasteiger partial charge < -0.3 is 0 Å². The van der Waals surface area contributed by atoms with Crippen molar-refractivity contribution in [3.05, 3.63) is 30.3 Å². The summed E-state index contributed by atoms with van der Waals surface area (Å²) in [5.41, 5.74) is 0. The lowest BCUT2D eigenvalue weighted by atomic mass is 10.1. The van der Waals surface area contributed by atoms with Crippen LogP contribution in [0.4, 0.5) is 0 Å². The molecule has 0 heterocycles. The Balaban J connectivity index is 2.08. The number of hydrogen-bond donors (Lipinski definition) is 0. The van der Waals surface area contributed by atoms with Crippen LogP contribution in [0.15, 0.2) is 35.2 Å². The van der Waals surface area contributed by atoms with Crippen molar-refractivity contribution in [3.8, 4) is 0 Å². The molecule has 1 aromatic rings. The van der Waals surface area contributed by atoms with E-state index in [1.807, 2.05) is 6.07 Å². The Bertz CT molecular complexity index is 423. The largest absolute Gasteiger partial charge is 0.299 e. The second-order valence-corrected chi connectivity index (χ2v) is 5.31. The fourth-order valence-corrected chi connectivity index (χ4v) is 3.11. The van der Waals surface area contributed by atoms with Crippen molar-refractivity contribution in [2.45, 2.75) is 17.7 Å². The van der Waals surface area contributed by atoms with E-state index in [9.17, 15) is 13.8 Å². The lowest BCUT2D eigenvalue weighted by molar-refractivity contribution is -0.126. The average molecular weight is 236 g/mol. The van der Waals surface area contributed by atoms with Gasteiger partial charge in [-0.2, -0.15) is 0 Å². The summed E-state index contributed by atoms with van der Waals surface area (Å²) in [6.45, 7) is 0. The van der Waals surface area contributed by atoms with Crippen LogP contribution >= 0.6 is 0 Å². The van der Waals surface area contributed by atoms with E-state index in [1.54, 1.807) is 24.3 Å². The molecule has 1 aliphatic carbocycles. The summed E-state index contributed by atoms with van der Waals surface area (Å²) in [5.74, 6) is -0.619. The molecule has 0 spiro atoms. The zero-order chi connectivity index (χ0) is 11.5. The first kappa shape index (κ1) is 11.2. The third-order valence-electron chi connectivity index (χ3n) is 2.72.